The Hall–Kier alpha value is -2.47. The third-order valence-electron chi connectivity index (χ3n) is 2.18. The number of hydrazine groups is 1. The normalized spacial score (nSPS) is 9.74. The highest BCUT2D eigenvalue weighted by atomic mass is 35.5. The van der Waals surface area contributed by atoms with E-state index < -0.39 is 11.8 Å². The number of carbonyl (C=O) groups is 2. The first kappa shape index (κ1) is 13.0. The Labute approximate surface area is 113 Å². The Morgan fingerprint density at radius 3 is 2.42 bits per heavy atom. The summed E-state index contributed by atoms with van der Waals surface area (Å²) >= 11 is 5.60. The van der Waals surface area contributed by atoms with E-state index in [4.69, 9.17) is 11.6 Å². The van der Waals surface area contributed by atoms with Gasteiger partial charge in [0.2, 0.25) is 0 Å². The summed E-state index contributed by atoms with van der Waals surface area (Å²) in [5.74, 6) is -0.996. The molecule has 2 amide bonds. The van der Waals surface area contributed by atoms with Gasteiger partial charge in [-0.3, -0.25) is 25.4 Å². The van der Waals surface area contributed by atoms with Crippen LogP contribution < -0.4 is 10.9 Å². The van der Waals surface area contributed by atoms with E-state index in [1.54, 1.807) is 12.1 Å². The van der Waals surface area contributed by atoms with Crippen molar-refractivity contribution in [3.05, 3.63) is 59.1 Å². The molecule has 2 aromatic heterocycles. The Morgan fingerprint density at radius 1 is 1.00 bits per heavy atom. The maximum atomic E-state index is 11.7. The quantitative estimate of drug-likeness (QED) is 0.638. The van der Waals surface area contributed by atoms with E-state index in [-0.39, 0.29) is 16.4 Å². The van der Waals surface area contributed by atoms with Crippen molar-refractivity contribution in [2.75, 3.05) is 0 Å². The monoisotopic (exact) mass is 276 g/mol. The number of nitrogens with zero attached hydrogens (tertiary/aromatic N) is 2. The smallest absolute Gasteiger partial charge is 0.267 e. The molecule has 0 radical (unpaired) electrons. The van der Waals surface area contributed by atoms with Crippen molar-refractivity contribution in [2.24, 2.45) is 0 Å². The molecule has 0 spiro atoms. The predicted molar refractivity (Wildman–Crippen MR) is 68.4 cm³/mol. The molecule has 0 atom stereocenters. The summed E-state index contributed by atoms with van der Waals surface area (Å²) in [5.41, 5.74) is 4.99. The first-order valence-electron chi connectivity index (χ1n) is 5.30. The second-order valence-electron chi connectivity index (χ2n) is 3.49. The van der Waals surface area contributed by atoms with E-state index in [0.29, 0.717) is 0 Å². The number of halogens is 1. The molecule has 0 aliphatic carbocycles. The largest absolute Gasteiger partial charge is 0.288 e. The molecule has 96 valence electrons. The highest BCUT2D eigenvalue weighted by molar-refractivity contribution is 6.29. The van der Waals surface area contributed by atoms with E-state index in [1.165, 1.54) is 30.6 Å². The third kappa shape index (κ3) is 3.49. The van der Waals surface area contributed by atoms with Crippen LogP contribution in [-0.4, -0.2) is 21.8 Å². The van der Waals surface area contributed by atoms with Crippen molar-refractivity contribution >= 4 is 23.4 Å². The van der Waals surface area contributed by atoms with Gasteiger partial charge in [0.05, 0.1) is 5.56 Å². The minimum atomic E-state index is -0.504. The third-order valence-corrected chi connectivity index (χ3v) is 2.40. The molecule has 2 N–H and O–H groups in total. The lowest BCUT2D eigenvalue weighted by Gasteiger charge is -2.06. The van der Waals surface area contributed by atoms with Gasteiger partial charge in [-0.15, -0.1) is 0 Å². The van der Waals surface area contributed by atoms with Gasteiger partial charge in [-0.25, -0.2) is 4.98 Å². The fourth-order valence-corrected chi connectivity index (χ4v) is 1.37. The fourth-order valence-electron chi connectivity index (χ4n) is 1.26. The van der Waals surface area contributed by atoms with Crippen LogP contribution in [0.4, 0.5) is 0 Å². The van der Waals surface area contributed by atoms with Gasteiger partial charge in [-0.2, -0.15) is 0 Å². The van der Waals surface area contributed by atoms with Gasteiger partial charge < -0.3 is 0 Å². The van der Waals surface area contributed by atoms with Gasteiger partial charge in [0.1, 0.15) is 10.8 Å². The molecular formula is C12H9ClN4O2. The molecule has 2 rings (SSSR count). The highest BCUT2D eigenvalue weighted by Gasteiger charge is 2.09. The van der Waals surface area contributed by atoms with Crippen LogP contribution in [0, 0.1) is 0 Å². The average molecular weight is 277 g/mol. The molecule has 19 heavy (non-hydrogen) atoms. The van der Waals surface area contributed by atoms with Crippen LogP contribution in [0.2, 0.25) is 5.15 Å². The molecule has 0 saturated heterocycles. The van der Waals surface area contributed by atoms with Crippen LogP contribution in [0.3, 0.4) is 0 Å². The number of nitrogens with one attached hydrogen (secondary N) is 2. The molecule has 0 saturated carbocycles. The molecule has 0 aliphatic rings. The maximum absolute atomic E-state index is 11.7. The molecule has 6 nitrogen and oxygen atoms in total. The summed E-state index contributed by atoms with van der Waals surface area (Å²) in [6.45, 7) is 0. The summed E-state index contributed by atoms with van der Waals surface area (Å²) in [7, 11) is 0. The SMILES string of the molecule is O=C(NNC(=O)c1ccccn1)c1ccc(Cl)nc1. The lowest BCUT2D eigenvalue weighted by Crippen LogP contribution is -2.41. The van der Waals surface area contributed by atoms with Crippen molar-refractivity contribution in [1.29, 1.82) is 0 Å². The summed E-state index contributed by atoms with van der Waals surface area (Å²) < 4.78 is 0. The van der Waals surface area contributed by atoms with Crippen molar-refractivity contribution in [1.82, 2.24) is 20.8 Å². The molecule has 0 fully saturated rings. The van der Waals surface area contributed by atoms with Crippen molar-refractivity contribution in [3.63, 3.8) is 0 Å². The van der Waals surface area contributed by atoms with Crippen LogP contribution in [0.25, 0.3) is 0 Å². The summed E-state index contributed by atoms with van der Waals surface area (Å²) in [4.78, 5) is 30.9. The Morgan fingerprint density at radius 2 is 1.79 bits per heavy atom. The minimum absolute atomic E-state index is 0.206. The lowest BCUT2D eigenvalue weighted by molar-refractivity contribution is 0.0844. The van der Waals surface area contributed by atoms with Crippen LogP contribution in [0.15, 0.2) is 42.7 Å². The van der Waals surface area contributed by atoms with Crippen LogP contribution in [-0.2, 0) is 0 Å². The zero-order valence-electron chi connectivity index (χ0n) is 9.63. The Kier molecular flexibility index (Phi) is 4.04. The molecule has 2 heterocycles. The molecule has 0 aromatic carbocycles. The van der Waals surface area contributed by atoms with Gasteiger partial charge in [0.15, 0.2) is 0 Å². The van der Waals surface area contributed by atoms with Crippen LogP contribution in [0.1, 0.15) is 20.8 Å². The van der Waals surface area contributed by atoms with E-state index in [2.05, 4.69) is 20.8 Å². The van der Waals surface area contributed by atoms with Crippen LogP contribution >= 0.6 is 11.6 Å². The number of aromatic nitrogens is 2. The second kappa shape index (κ2) is 5.92. The standard InChI is InChI=1S/C12H9ClN4O2/c13-10-5-4-8(7-15-10)11(18)16-17-12(19)9-3-1-2-6-14-9/h1-7H,(H,16,18)(H,17,19). The fraction of sp³-hybridized carbons (Fsp3) is 0. The summed E-state index contributed by atoms with van der Waals surface area (Å²) in [6.07, 6.45) is 2.80. The lowest BCUT2D eigenvalue weighted by atomic mass is 10.3. The number of amides is 2. The minimum Gasteiger partial charge on any atom is -0.267 e. The molecule has 0 unspecified atom stereocenters. The number of hydrogen-bond donors (Lipinski definition) is 2. The maximum Gasteiger partial charge on any atom is 0.288 e. The topological polar surface area (TPSA) is 84.0 Å². The summed E-state index contributed by atoms with van der Waals surface area (Å²) in [6, 6.07) is 7.88. The van der Waals surface area contributed by atoms with Crippen molar-refractivity contribution < 1.29 is 9.59 Å². The number of hydrogen-bond acceptors (Lipinski definition) is 4. The molecule has 0 bridgehead atoms. The average Bonchev–Trinajstić information content (AvgIpc) is 2.46. The van der Waals surface area contributed by atoms with Crippen molar-refractivity contribution in [2.45, 2.75) is 0 Å². The molecule has 7 heteroatoms. The zero-order valence-corrected chi connectivity index (χ0v) is 10.4. The molecular weight excluding hydrogens is 268 g/mol. The zero-order chi connectivity index (χ0) is 13.7. The Balaban J connectivity index is 1.94. The number of carbonyl (C=O) groups excluding carboxylic acids is 2. The Bertz CT molecular complexity index is 586. The van der Waals surface area contributed by atoms with E-state index in [9.17, 15) is 9.59 Å². The number of pyridine rings is 2. The first-order valence-corrected chi connectivity index (χ1v) is 5.68. The van der Waals surface area contributed by atoms with Gasteiger partial charge in [0, 0.05) is 12.4 Å². The van der Waals surface area contributed by atoms with Gasteiger partial charge >= 0.3 is 0 Å². The van der Waals surface area contributed by atoms with Crippen molar-refractivity contribution in [3.8, 4) is 0 Å². The van der Waals surface area contributed by atoms with E-state index in [0.717, 1.165) is 0 Å². The van der Waals surface area contributed by atoms with E-state index >= 15 is 0 Å². The highest BCUT2D eigenvalue weighted by Crippen LogP contribution is 2.04. The first-order chi connectivity index (χ1) is 9.16. The number of rotatable bonds is 2. The molecule has 2 aromatic rings. The summed E-state index contributed by atoms with van der Waals surface area (Å²) in [5, 5.41) is 0.286. The van der Waals surface area contributed by atoms with Crippen LogP contribution in [0.5, 0.6) is 0 Å². The second-order valence-corrected chi connectivity index (χ2v) is 3.88. The predicted octanol–water partition coefficient (Wildman–Crippen LogP) is 1.20. The molecule has 0 aliphatic heterocycles. The van der Waals surface area contributed by atoms with Gasteiger partial charge in [-0.1, -0.05) is 17.7 Å². The van der Waals surface area contributed by atoms with Gasteiger partial charge in [0.25, 0.3) is 11.8 Å². The van der Waals surface area contributed by atoms with E-state index in [1.807, 2.05) is 0 Å². The van der Waals surface area contributed by atoms with Gasteiger partial charge in [-0.05, 0) is 24.3 Å².